The van der Waals surface area contributed by atoms with Crippen LogP contribution in [0.2, 0.25) is 0 Å². The average Bonchev–Trinajstić information content (AvgIpc) is 2.29. The van der Waals surface area contributed by atoms with E-state index in [2.05, 4.69) is 10.6 Å². The van der Waals surface area contributed by atoms with Crippen molar-refractivity contribution >= 4 is 0 Å². The van der Waals surface area contributed by atoms with Crippen molar-refractivity contribution in [2.45, 2.75) is 39.0 Å². The Labute approximate surface area is 103 Å². The van der Waals surface area contributed by atoms with Crippen molar-refractivity contribution in [3.05, 3.63) is 22.1 Å². The summed E-state index contributed by atoms with van der Waals surface area (Å²) in [7, 11) is 0. The van der Waals surface area contributed by atoms with Gasteiger partial charge in [-0.15, -0.1) is 0 Å². The Hall–Kier alpha value is -1.30. The molecule has 0 spiro atoms. The number of nitrogens with two attached hydrogens (primary N) is 1. The van der Waals surface area contributed by atoms with Gasteiger partial charge in [-0.1, -0.05) is 19.8 Å². The number of rotatable bonds is 11. The Kier molecular flexibility index (Phi) is 10.3. The van der Waals surface area contributed by atoms with E-state index >= 15 is 0 Å². The molecule has 6 nitrogen and oxygen atoms in total. The van der Waals surface area contributed by atoms with Gasteiger partial charge in [-0.25, -0.2) is 0 Å². The minimum absolute atomic E-state index is 0.445. The molecule has 4 N–H and O–H groups in total. The predicted octanol–water partition coefficient (Wildman–Crippen LogP) is 1.17. The third kappa shape index (κ3) is 11.0. The summed E-state index contributed by atoms with van der Waals surface area (Å²) in [5, 5.41) is 16.4. The molecule has 0 saturated carbocycles. The molecule has 0 saturated heterocycles. The Bertz CT molecular complexity index is 232. The lowest BCUT2D eigenvalue weighted by Gasteiger charge is -2.10. The number of hydrogen-bond acceptors (Lipinski definition) is 5. The predicted molar refractivity (Wildman–Crippen MR) is 68.9 cm³/mol. The lowest BCUT2D eigenvalue weighted by atomic mass is 10.2. The van der Waals surface area contributed by atoms with E-state index < -0.39 is 4.92 Å². The lowest BCUT2D eigenvalue weighted by Crippen LogP contribution is -2.28. The Morgan fingerprint density at radius 2 is 1.88 bits per heavy atom. The van der Waals surface area contributed by atoms with E-state index in [9.17, 15) is 10.1 Å². The van der Waals surface area contributed by atoms with Gasteiger partial charge in [0.25, 0.3) is 6.20 Å². The van der Waals surface area contributed by atoms with Crippen LogP contribution < -0.4 is 16.4 Å². The van der Waals surface area contributed by atoms with Gasteiger partial charge in [0.05, 0.1) is 4.92 Å². The van der Waals surface area contributed by atoms with Gasteiger partial charge in [-0.05, 0) is 25.8 Å². The summed E-state index contributed by atoms with van der Waals surface area (Å²) >= 11 is 0. The second kappa shape index (κ2) is 11.2. The zero-order valence-electron chi connectivity index (χ0n) is 10.6. The number of nitrogens with one attached hydrogen (secondary N) is 2. The number of nitrogens with zero attached hydrogens (tertiary/aromatic N) is 1. The molecule has 0 aliphatic rings. The first kappa shape index (κ1) is 15.7. The quantitative estimate of drug-likeness (QED) is 0.288. The topological polar surface area (TPSA) is 93.2 Å². The molecule has 0 aliphatic heterocycles. The summed E-state index contributed by atoms with van der Waals surface area (Å²) in [5.74, 6) is 0.496. The molecule has 0 radical (unpaired) electrons. The summed E-state index contributed by atoms with van der Waals surface area (Å²) < 4.78 is 0. The van der Waals surface area contributed by atoms with Crippen LogP contribution in [0.5, 0.6) is 0 Å². The lowest BCUT2D eigenvalue weighted by molar-refractivity contribution is -0.404. The zero-order chi connectivity index (χ0) is 12.9. The van der Waals surface area contributed by atoms with Crippen LogP contribution in [-0.4, -0.2) is 24.6 Å². The van der Waals surface area contributed by atoms with Crippen molar-refractivity contribution < 1.29 is 4.92 Å². The standard InChI is InChI=1S/C11H24N4O2/c1-2-8-13-11(10-15(16)17)14-9-6-4-3-5-7-12/h10,13-14H,2-9,12H2,1H3. The van der Waals surface area contributed by atoms with E-state index in [4.69, 9.17) is 5.73 Å². The van der Waals surface area contributed by atoms with E-state index in [1.807, 2.05) is 6.92 Å². The first-order valence-electron chi connectivity index (χ1n) is 6.23. The van der Waals surface area contributed by atoms with Crippen LogP contribution in [0.1, 0.15) is 39.0 Å². The highest BCUT2D eigenvalue weighted by molar-refractivity contribution is 4.91. The molecule has 0 bridgehead atoms. The van der Waals surface area contributed by atoms with Crippen molar-refractivity contribution in [1.82, 2.24) is 10.6 Å². The molecule has 0 fully saturated rings. The molecule has 0 aromatic carbocycles. The minimum Gasteiger partial charge on any atom is -0.367 e. The van der Waals surface area contributed by atoms with Crippen molar-refractivity contribution in [2.24, 2.45) is 5.73 Å². The third-order valence-corrected chi connectivity index (χ3v) is 2.25. The Balaban J connectivity index is 3.72. The third-order valence-electron chi connectivity index (χ3n) is 2.25. The van der Waals surface area contributed by atoms with Gasteiger partial charge in [0.2, 0.25) is 0 Å². The maximum absolute atomic E-state index is 10.4. The second-order valence-electron chi connectivity index (χ2n) is 3.88. The van der Waals surface area contributed by atoms with Gasteiger partial charge in [-0.3, -0.25) is 10.1 Å². The van der Waals surface area contributed by atoms with E-state index in [1.165, 1.54) is 0 Å². The van der Waals surface area contributed by atoms with E-state index in [-0.39, 0.29) is 0 Å². The molecule has 17 heavy (non-hydrogen) atoms. The van der Waals surface area contributed by atoms with E-state index in [0.29, 0.717) is 5.82 Å². The molecule has 0 aliphatic carbocycles. The SMILES string of the molecule is CCCNC(=C[N+](=O)[O-])NCCCCCCN. The largest absolute Gasteiger partial charge is 0.367 e. The van der Waals surface area contributed by atoms with Gasteiger partial charge in [-0.2, -0.15) is 0 Å². The molecule has 6 heteroatoms. The maximum atomic E-state index is 10.4. The summed E-state index contributed by atoms with van der Waals surface area (Å²) in [6.07, 6.45) is 6.19. The summed E-state index contributed by atoms with van der Waals surface area (Å²) in [6, 6.07) is 0. The highest BCUT2D eigenvalue weighted by atomic mass is 16.6. The monoisotopic (exact) mass is 244 g/mol. The molecule has 0 heterocycles. The fourth-order valence-corrected chi connectivity index (χ4v) is 1.36. The summed E-state index contributed by atoms with van der Waals surface area (Å²) in [6.45, 7) is 4.24. The van der Waals surface area contributed by atoms with Crippen molar-refractivity contribution in [3.63, 3.8) is 0 Å². The molecular weight excluding hydrogens is 220 g/mol. The smallest absolute Gasteiger partial charge is 0.274 e. The molecule has 0 rings (SSSR count). The molecule has 0 aromatic heterocycles. The second-order valence-corrected chi connectivity index (χ2v) is 3.88. The van der Waals surface area contributed by atoms with Crippen LogP contribution in [0.25, 0.3) is 0 Å². The van der Waals surface area contributed by atoms with Crippen LogP contribution in [0.15, 0.2) is 12.0 Å². The Morgan fingerprint density at radius 1 is 1.24 bits per heavy atom. The first-order valence-corrected chi connectivity index (χ1v) is 6.23. The van der Waals surface area contributed by atoms with Gasteiger partial charge in [0.1, 0.15) is 0 Å². The molecule has 0 atom stereocenters. The minimum atomic E-state index is -0.445. The summed E-state index contributed by atoms with van der Waals surface area (Å²) in [5.41, 5.74) is 5.39. The van der Waals surface area contributed by atoms with Crippen molar-refractivity contribution in [2.75, 3.05) is 19.6 Å². The molecule has 0 amide bonds. The maximum Gasteiger partial charge on any atom is 0.274 e. The first-order chi connectivity index (χ1) is 8.20. The normalized spacial score (nSPS) is 11.3. The molecule has 0 unspecified atom stereocenters. The van der Waals surface area contributed by atoms with Gasteiger partial charge < -0.3 is 16.4 Å². The number of unbranched alkanes of at least 4 members (excludes halogenated alkanes) is 3. The van der Waals surface area contributed by atoms with Crippen molar-refractivity contribution in [1.29, 1.82) is 0 Å². The van der Waals surface area contributed by atoms with Crippen LogP contribution in [0.3, 0.4) is 0 Å². The van der Waals surface area contributed by atoms with Crippen molar-refractivity contribution in [3.8, 4) is 0 Å². The van der Waals surface area contributed by atoms with E-state index in [1.54, 1.807) is 0 Å². The van der Waals surface area contributed by atoms with Crippen LogP contribution in [-0.2, 0) is 0 Å². The zero-order valence-corrected chi connectivity index (χ0v) is 10.6. The van der Waals surface area contributed by atoms with Gasteiger partial charge in [0.15, 0.2) is 5.82 Å². The van der Waals surface area contributed by atoms with Crippen LogP contribution in [0, 0.1) is 10.1 Å². The van der Waals surface area contributed by atoms with Gasteiger partial charge >= 0.3 is 0 Å². The van der Waals surface area contributed by atoms with E-state index in [0.717, 1.165) is 57.9 Å². The highest BCUT2D eigenvalue weighted by Gasteiger charge is 2.00. The molecule has 0 aromatic rings. The molecular formula is C11H24N4O2. The highest BCUT2D eigenvalue weighted by Crippen LogP contribution is 1.97. The fourth-order valence-electron chi connectivity index (χ4n) is 1.36. The van der Waals surface area contributed by atoms with Crippen LogP contribution in [0.4, 0.5) is 0 Å². The number of nitro groups is 1. The Morgan fingerprint density at radius 3 is 2.47 bits per heavy atom. The van der Waals surface area contributed by atoms with Crippen LogP contribution >= 0.6 is 0 Å². The molecule has 100 valence electrons. The average molecular weight is 244 g/mol. The summed E-state index contributed by atoms with van der Waals surface area (Å²) in [4.78, 5) is 9.94. The van der Waals surface area contributed by atoms with Gasteiger partial charge in [0, 0.05) is 13.1 Å². The number of hydrogen-bond donors (Lipinski definition) is 3. The fraction of sp³-hybridized carbons (Fsp3) is 0.818.